The van der Waals surface area contributed by atoms with Crippen molar-refractivity contribution in [1.82, 2.24) is 0 Å². The quantitative estimate of drug-likeness (QED) is 0.425. The Morgan fingerprint density at radius 3 is 2.23 bits per heavy atom. The van der Waals surface area contributed by atoms with Gasteiger partial charge in [0.2, 0.25) is 5.75 Å². The molecule has 138 valence electrons. The van der Waals surface area contributed by atoms with Gasteiger partial charge < -0.3 is 14.2 Å². The minimum absolute atomic E-state index is 0.107. The van der Waals surface area contributed by atoms with Gasteiger partial charge in [-0.1, -0.05) is 0 Å². The molecule has 0 heterocycles. The average molecular weight is 381 g/mol. The number of nitro benzene ring substituents is 1. The number of esters is 1. The SMILES string of the molecule is COC(=O)c1ccc(Oc2ccc(S(C)(=O)=O)cc2[N+](=O)[O-])c(OC)c1. The van der Waals surface area contributed by atoms with Gasteiger partial charge in [-0.15, -0.1) is 0 Å². The third-order valence-corrected chi connectivity index (χ3v) is 4.47. The second-order valence-electron chi connectivity index (χ2n) is 5.12. The van der Waals surface area contributed by atoms with Crippen LogP contribution in [0.4, 0.5) is 5.69 Å². The molecular weight excluding hydrogens is 366 g/mol. The van der Waals surface area contributed by atoms with Crippen LogP contribution in [0.2, 0.25) is 0 Å². The number of rotatable bonds is 6. The molecule has 0 aliphatic rings. The highest BCUT2D eigenvalue weighted by Gasteiger charge is 2.22. The number of carbonyl (C=O) groups excluding carboxylic acids is 1. The lowest BCUT2D eigenvalue weighted by Gasteiger charge is -2.12. The third-order valence-electron chi connectivity index (χ3n) is 3.36. The number of ether oxygens (including phenoxy) is 3. The Kier molecular flexibility index (Phi) is 5.46. The molecule has 0 aliphatic carbocycles. The van der Waals surface area contributed by atoms with Gasteiger partial charge in [0.1, 0.15) is 0 Å². The number of hydrogen-bond acceptors (Lipinski definition) is 8. The summed E-state index contributed by atoms with van der Waals surface area (Å²) in [7, 11) is -1.05. The van der Waals surface area contributed by atoms with E-state index in [1.165, 1.54) is 44.6 Å². The van der Waals surface area contributed by atoms with Gasteiger partial charge >= 0.3 is 11.7 Å². The van der Waals surface area contributed by atoms with E-state index >= 15 is 0 Å². The van der Waals surface area contributed by atoms with Crippen molar-refractivity contribution in [3.8, 4) is 17.2 Å². The summed E-state index contributed by atoms with van der Waals surface area (Å²) in [5.41, 5.74) is -0.314. The maximum Gasteiger partial charge on any atom is 0.337 e. The van der Waals surface area contributed by atoms with Crippen molar-refractivity contribution < 1.29 is 32.3 Å². The summed E-state index contributed by atoms with van der Waals surface area (Å²) in [4.78, 5) is 21.9. The summed E-state index contributed by atoms with van der Waals surface area (Å²) in [6.07, 6.45) is 0.946. The summed E-state index contributed by atoms with van der Waals surface area (Å²) in [5, 5.41) is 11.3. The molecule has 0 bridgehead atoms. The van der Waals surface area contributed by atoms with Crippen LogP contribution in [-0.2, 0) is 14.6 Å². The van der Waals surface area contributed by atoms with E-state index in [0.29, 0.717) is 0 Å². The van der Waals surface area contributed by atoms with Crippen LogP contribution in [0.25, 0.3) is 0 Å². The summed E-state index contributed by atoms with van der Waals surface area (Å²) < 4.78 is 38.4. The Bertz CT molecular complexity index is 968. The number of nitro groups is 1. The lowest BCUT2D eigenvalue weighted by atomic mass is 10.2. The van der Waals surface area contributed by atoms with Gasteiger partial charge in [0.15, 0.2) is 21.3 Å². The molecule has 2 rings (SSSR count). The standard InChI is InChI=1S/C16H15NO8S/c1-23-15-8-10(16(18)24-2)4-6-14(15)25-13-7-5-11(26(3,21)22)9-12(13)17(19)20/h4-9H,1-3H3. The lowest BCUT2D eigenvalue weighted by Crippen LogP contribution is -2.03. The molecule has 2 aromatic carbocycles. The molecule has 10 heteroatoms. The van der Waals surface area contributed by atoms with Crippen LogP contribution in [0.5, 0.6) is 17.2 Å². The molecule has 9 nitrogen and oxygen atoms in total. The Morgan fingerprint density at radius 2 is 1.69 bits per heavy atom. The molecule has 0 aromatic heterocycles. The normalized spacial score (nSPS) is 10.9. The van der Waals surface area contributed by atoms with E-state index in [1.807, 2.05) is 0 Å². The van der Waals surface area contributed by atoms with Gasteiger partial charge in [0, 0.05) is 12.3 Å². The molecule has 0 aliphatic heterocycles. The van der Waals surface area contributed by atoms with Crippen molar-refractivity contribution in [3.63, 3.8) is 0 Å². The van der Waals surface area contributed by atoms with Crippen LogP contribution < -0.4 is 9.47 Å². The summed E-state index contributed by atoms with van der Waals surface area (Å²) in [6.45, 7) is 0. The van der Waals surface area contributed by atoms with Gasteiger partial charge in [0.25, 0.3) is 0 Å². The average Bonchev–Trinajstić information content (AvgIpc) is 2.60. The number of methoxy groups -OCH3 is 2. The van der Waals surface area contributed by atoms with Crippen molar-refractivity contribution in [2.24, 2.45) is 0 Å². The van der Waals surface area contributed by atoms with E-state index < -0.39 is 26.4 Å². The molecule has 0 radical (unpaired) electrons. The van der Waals surface area contributed by atoms with E-state index in [0.717, 1.165) is 12.3 Å². The molecule has 0 saturated heterocycles. The first-order valence-electron chi connectivity index (χ1n) is 7.10. The molecule has 0 unspecified atom stereocenters. The molecule has 0 saturated carbocycles. The van der Waals surface area contributed by atoms with Gasteiger partial charge in [-0.05, 0) is 30.3 Å². The van der Waals surface area contributed by atoms with Crippen molar-refractivity contribution >= 4 is 21.5 Å². The smallest absolute Gasteiger partial charge is 0.337 e. The molecule has 0 atom stereocenters. The zero-order valence-electron chi connectivity index (χ0n) is 14.1. The molecule has 0 N–H and O–H groups in total. The van der Waals surface area contributed by atoms with Crippen LogP contribution >= 0.6 is 0 Å². The highest BCUT2D eigenvalue weighted by molar-refractivity contribution is 7.90. The van der Waals surface area contributed by atoms with Crippen LogP contribution in [0.3, 0.4) is 0 Å². The molecular formula is C16H15NO8S. The molecule has 0 fully saturated rings. The van der Waals surface area contributed by atoms with E-state index in [9.17, 15) is 23.3 Å². The fourth-order valence-electron chi connectivity index (χ4n) is 2.07. The highest BCUT2D eigenvalue weighted by atomic mass is 32.2. The van der Waals surface area contributed by atoms with Crippen molar-refractivity contribution in [3.05, 3.63) is 52.1 Å². The fraction of sp³-hybridized carbons (Fsp3) is 0.188. The lowest BCUT2D eigenvalue weighted by molar-refractivity contribution is -0.385. The summed E-state index contributed by atoms with van der Waals surface area (Å²) >= 11 is 0. The zero-order chi connectivity index (χ0) is 19.5. The van der Waals surface area contributed by atoms with Gasteiger partial charge in [-0.25, -0.2) is 13.2 Å². The monoisotopic (exact) mass is 381 g/mol. The largest absolute Gasteiger partial charge is 0.493 e. The van der Waals surface area contributed by atoms with E-state index in [1.54, 1.807) is 0 Å². The van der Waals surface area contributed by atoms with Crippen LogP contribution in [0.1, 0.15) is 10.4 Å². The first kappa shape index (κ1) is 19.2. The second kappa shape index (κ2) is 7.40. The van der Waals surface area contributed by atoms with Gasteiger partial charge in [0.05, 0.1) is 29.6 Å². The number of hydrogen-bond donors (Lipinski definition) is 0. The predicted octanol–water partition coefficient (Wildman–Crippen LogP) is 2.59. The number of carbonyl (C=O) groups is 1. The highest BCUT2D eigenvalue weighted by Crippen LogP contribution is 2.37. The van der Waals surface area contributed by atoms with Crippen LogP contribution in [0, 0.1) is 10.1 Å². The number of sulfone groups is 1. The molecule has 2 aromatic rings. The Labute approximate surface area is 149 Å². The first-order chi connectivity index (χ1) is 12.2. The maximum absolute atomic E-state index is 11.6. The van der Waals surface area contributed by atoms with Crippen LogP contribution in [0.15, 0.2) is 41.3 Å². The molecule has 26 heavy (non-hydrogen) atoms. The Balaban J connectivity index is 2.48. The minimum atomic E-state index is -3.62. The Morgan fingerprint density at radius 1 is 1.04 bits per heavy atom. The first-order valence-corrected chi connectivity index (χ1v) is 8.99. The van der Waals surface area contributed by atoms with E-state index in [2.05, 4.69) is 4.74 Å². The van der Waals surface area contributed by atoms with Crippen molar-refractivity contribution in [2.45, 2.75) is 4.90 Å². The maximum atomic E-state index is 11.6. The Hall–Kier alpha value is -3.14. The van der Waals surface area contributed by atoms with E-state index in [-0.39, 0.29) is 27.7 Å². The third kappa shape index (κ3) is 4.09. The van der Waals surface area contributed by atoms with Gasteiger partial charge in [-0.3, -0.25) is 10.1 Å². The van der Waals surface area contributed by atoms with Gasteiger partial charge in [-0.2, -0.15) is 0 Å². The van der Waals surface area contributed by atoms with E-state index in [4.69, 9.17) is 9.47 Å². The topological polar surface area (TPSA) is 122 Å². The zero-order valence-corrected chi connectivity index (χ0v) is 14.9. The summed E-state index contributed by atoms with van der Waals surface area (Å²) in [6, 6.07) is 7.45. The number of benzene rings is 2. The predicted molar refractivity (Wildman–Crippen MR) is 90.6 cm³/mol. The van der Waals surface area contributed by atoms with Crippen molar-refractivity contribution in [2.75, 3.05) is 20.5 Å². The molecule has 0 spiro atoms. The second-order valence-corrected chi connectivity index (χ2v) is 7.13. The number of nitrogens with zero attached hydrogens (tertiary/aromatic N) is 1. The minimum Gasteiger partial charge on any atom is -0.493 e. The fourth-order valence-corrected chi connectivity index (χ4v) is 2.71. The van der Waals surface area contributed by atoms with Crippen molar-refractivity contribution in [1.29, 1.82) is 0 Å². The summed E-state index contributed by atoms with van der Waals surface area (Å²) in [5.74, 6) is -0.505. The molecule has 0 amide bonds. The van der Waals surface area contributed by atoms with Crippen LogP contribution in [-0.4, -0.2) is 39.8 Å².